The van der Waals surface area contributed by atoms with Crippen LogP contribution in [0.15, 0.2) is 42.7 Å². The first-order chi connectivity index (χ1) is 12.8. The van der Waals surface area contributed by atoms with Crippen molar-refractivity contribution in [1.29, 1.82) is 0 Å². The van der Waals surface area contributed by atoms with E-state index in [0.717, 1.165) is 5.56 Å². The third kappa shape index (κ3) is 4.34. The second-order valence-corrected chi connectivity index (χ2v) is 6.93. The van der Waals surface area contributed by atoms with Crippen LogP contribution in [-0.4, -0.2) is 25.3 Å². The lowest BCUT2D eigenvalue weighted by Crippen LogP contribution is -2.02. The molecule has 0 aliphatic rings. The predicted octanol–water partition coefficient (Wildman–Crippen LogP) is 4.71. The summed E-state index contributed by atoms with van der Waals surface area (Å²) in [6, 6.07) is 6.37. The van der Waals surface area contributed by atoms with Gasteiger partial charge >= 0.3 is 0 Å². The summed E-state index contributed by atoms with van der Waals surface area (Å²) in [4.78, 5) is 12.4. The molecule has 0 unspecified atom stereocenters. The molecule has 0 radical (unpaired) electrons. The Bertz CT molecular complexity index is 986. The number of benzene rings is 1. The Morgan fingerprint density at radius 3 is 2.63 bits per heavy atom. The third-order valence-electron chi connectivity index (χ3n) is 4.17. The molecule has 0 spiro atoms. The van der Waals surface area contributed by atoms with E-state index in [4.69, 9.17) is 11.6 Å². The fraction of sp³-hybridized carbons (Fsp3) is 0.250. The van der Waals surface area contributed by atoms with Gasteiger partial charge in [-0.1, -0.05) is 23.7 Å². The summed E-state index contributed by atoms with van der Waals surface area (Å²) >= 11 is 6.43. The van der Waals surface area contributed by atoms with Crippen LogP contribution in [0.25, 0.3) is 6.08 Å². The van der Waals surface area contributed by atoms with Gasteiger partial charge in [0.15, 0.2) is 5.78 Å². The summed E-state index contributed by atoms with van der Waals surface area (Å²) in [6.45, 7) is 6.24. The van der Waals surface area contributed by atoms with Gasteiger partial charge in [-0.3, -0.25) is 9.48 Å². The van der Waals surface area contributed by atoms with Crippen molar-refractivity contribution in [2.45, 2.75) is 33.4 Å². The van der Waals surface area contributed by atoms with Gasteiger partial charge < -0.3 is 0 Å². The molecule has 1 aromatic carbocycles. The topological polar surface area (TPSA) is 52.7 Å². The highest BCUT2D eigenvalue weighted by Gasteiger charge is 2.13. The van der Waals surface area contributed by atoms with Crippen molar-refractivity contribution in [3.63, 3.8) is 0 Å². The minimum Gasteiger partial charge on any atom is -0.289 e. The van der Waals surface area contributed by atoms with Crippen LogP contribution in [0, 0.1) is 12.7 Å². The van der Waals surface area contributed by atoms with Crippen molar-refractivity contribution in [3.8, 4) is 0 Å². The van der Waals surface area contributed by atoms with E-state index in [-0.39, 0.29) is 17.6 Å². The molecule has 7 heteroatoms. The van der Waals surface area contributed by atoms with E-state index >= 15 is 0 Å². The molecule has 3 rings (SSSR count). The van der Waals surface area contributed by atoms with Crippen molar-refractivity contribution in [3.05, 3.63) is 76.1 Å². The lowest BCUT2D eigenvalue weighted by molar-refractivity contribution is 0.104. The highest BCUT2D eigenvalue weighted by molar-refractivity contribution is 6.31. The van der Waals surface area contributed by atoms with Gasteiger partial charge in [0, 0.05) is 17.8 Å². The molecule has 0 bridgehead atoms. The zero-order valence-electron chi connectivity index (χ0n) is 15.4. The average molecular weight is 387 g/mol. The highest BCUT2D eigenvalue weighted by atomic mass is 35.5. The van der Waals surface area contributed by atoms with E-state index in [1.165, 1.54) is 18.2 Å². The fourth-order valence-electron chi connectivity index (χ4n) is 2.63. The zero-order chi connectivity index (χ0) is 19.6. The smallest absolute Gasteiger partial charge is 0.189 e. The lowest BCUT2D eigenvalue weighted by atomic mass is 10.1. The Hall–Kier alpha value is -2.73. The third-order valence-corrected chi connectivity index (χ3v) is 4.57. The first kappa shape index (κ1) is 19.0. The van der Waals surface area contributed by atoms with Gasteiger partial charge in [0.05, 0.1) is 24.0 Å². The molecular weight excluding hydrogens is 367 g/mol. The number of hydrogen-bond donors (Lipinski definition) is 0. The van der Waals surface area contributed by atoms with Gasteiger partial charge in [-0.05, 0) is 50.6 Å². The Morgan fingerprint density at radius 1 is 1.30 bits per heavy atom. The number of rotatable bonds is 6. The number of nitrogens with zero attached hydrogens (tertiary/aromatic N) is 4. The number of hydrogen-bond acceptors (Lipinski definition) is 3. The molecule has 0 amide bonds. The largest absolute Gasteiger partial charge is 0.289 e. The van der Waals surface area contributed by atoms with Crippen molar-refractivity contribution >= 4 is 23.5 Å². The number of allylic oxidation sites excluding steroid dienone is 1. The Kier molecular flexibility index (Phi) is 5.56. The van der Waals surface area contributed by atoms with Crippen molar-refractivity contribution < 1.29 is 9.18 Å². The number of aryl methyl sites for hydroxylation is 1. The SMILES string of the molecule is Cc1nn(Cc2ccc(F)cc2)c(Cl)c1/C=C/C(=O)c1cnn(C(C)C)c1. The first-order valence-corrected chi connectivity index (χ1v) is 8.97. The second-order valence-electron chi connectivity index (χ2n) is 6.57. The molecule has 0 aliphatic carbocycles. The molecule has 3 aromatic rings. The number of aromatic nitrogens is 4. The number of carbonyl (C=O) groups is 1. The minimum absolute atomic E-state index is 0.149. The van der Waals surface area contributed by atoms with E-state index in [9.17, 15) is 9.18 Å². The van der Waals surface area contributed by atoms with Crippen LogP contribution in [0.2, 0.25) is 5.15 Å². The van der Waals surface area contributed by atoms with Crippen molar-refractivity contribution in [2.24, 2.45) is 0 Å². The summed E-state index contributed by atoms with van der Waals surface area (Å²) in [5.41, 5.74) is 2.80. The maximum atomic E-state index is 13.0. The van der Waals surface area contributed by atoms with Crippen LogP contribution in [-0.2, 0) is 6.54 Å². The maximum Gasteiger partial charge on any atom is 0.189 e. The number of halogens is 2. The second kappa shape index (κ2) is 7.88. The minimum atomic E-state index is -0.288. The predicted molar refractivity (Wildman–Crippen MR) is 103 cm³/mol. The quantitative estimate of drug-likeness (QED) is 0.455. The molecule has 0 atom stereocenters. The monoisotopic (exact) mass is 386 g/mol. The fourth-order valence-corrected chi connectivity index (χ4v) is 2.92. The van der Waals surface area contributed by atoms with Gasteiger partial charge in [0.1, 0.15) is 11.0 Å². The van der Waals surface area contributed by atoms with E-state index in [2.05, 4.69) is 10.2 Å². The van der Waals surface area contributed by atoms with Crippen LogP contribution in [0.1, 0.15) is 47.1 Å². The molecule has 2 aromatic heterocycles. The standard InChI is InChI=1S/C20H20ClFN4O/c1-13(2)25-12-16(10-23-25)19(27)9-8-18-14(3)24-26(20(18)21)11-15-4-6-17(22)7-5-15/h4-10,12-13H,11H2,1-3H3/b9-8+. The van der Waals surface area contributed by atoms with Crippen LogP contribution in [0.5, 0.6) is 0 Å². The van der Waals surface area contributed by atoms with Gasteiger partial charge in [-0.2, -0.15) is 10.2 Å². The van der Waals surface area contributed by atoms with Gasteiger partial charge in [0.25, 0.3) is 0 Å². The molecule has 140 valence electrons. The van der Waals surface area contributed by atoms with E-state index < -0.39 is 0 Å². The molecule has 0 N–H and O–H groups in total. The van der Waals surface area contributed by atoms with E-state index in [0.29, 0.717) is 28.5 Å². The lowest BCUT2D eigenvalue weighted by Gasteiger charge is -2.03. The normalized spacial score (nSPS) is 11.6. The van der Waals surface area contributed by atoms with Gasteiger partial charge in [0.2, 0.25) is 0 Å². The molecule has 0 fully saturated rings. The van der Waals surface area contributed by atoms with Gasteiger partial charge in [-0.15, -0.1) is 0 Å². The van der Waals surface area contributed by atoms with E-state index in [1.54, 1.807) is 40.0 Å². The van der Waals surface area contributed by atoms with E-state index in [1.807, 2.05) is 20.8 Å². The molecular formula is C20H20ClFN4O. The highest BCUT2D eigenvalue weighted by Crippen LogP contribution is 2.23. The van der Waals surface area contributed by atoms with Gasteiger partial charge in [-0.25, -0.2) is 9.07 Å². The Balaban J connectivity index is 1.78. The Labute approximate surface area is 162 Å². The number of ketones is 1. The molecule has 2 heterocycles. The molecule has 0 saturated heterocycles. The molecule has 0 saturated carbocycles. The summed E-state index contributed by atoms with van der Waals surface area (Å²) < 4.78 is 16.4. The maximum absolute atomic E-state index is 13.0. The van der Waals surface area contributed by atoms with Crippen molar-refractivity contribution in [1.82, 2.24) is 19.6 Å². The zero-order valence-corrected chi connectivity index (χ0v) is 16.1. The summed E-state index contributed by atoms with van der Waals surface area (Å²) in [5, 5.41) is 9.02. The summed E-state index contributed by atoms with van der Waals surface area (Å²) in [6.07, 6.45) is 6.42. The summed E-state index contributed by atoms with van der Waals surface area (Å²) in [5.74, 6) is -0.437. The summed E-state index contributed by atoms with van der Waals surface area (Å²) in [7, 11) is 0. The van der Waals surface area contributed by atoms with Crippen LogP contribution in [0.4, 0.5) is 4.39 Å². The molecule has 5 nitrogen and oxygen atoms in total. The molecule has 27 heavy (non-hydrogen) atoms. The molecule has 0 aliphatic heterocycles. The van der Waals surface area contributed by atoms with Crippen LogP contribution >= 0.6 is 11.6 Å². The number of carbonyl (C=O) groups excluding carboxylic acids is 1. The average Bonchev–Trinajstić information content (AvgIpc) is 3.22. The Morgan fingerprint density at radius 2 is 2.00 bits per heavy atom. The van der Waals surface area contributed by atoms with Crippen molar-refractivity contribution in [2.75, 3.05) is 0 Å². The first-order valence-electron chi connectivity index (χ1n) is 8.59. The van der Waals surface area contributed by atoms with Crippen LogP contribution < -0.4 is 0 Å². The van der Waals surface area contributed by atoms with Crippen LogP contribution in [0.3, 0.4) is 0 Å².